The summed E-state index contributed by atoms with van der Waals surface area (Å²) in [7, 11) is 0. The van der Waals surface area contributed by atoms with Crippen LogP contribution in [0.1, 0.15) is 27.1 Å². The van der Waals surface area contributed by atoms with Gasteiger partial charge in [0.05, 0.1) is 6.04 Å². The van der Waals surface area contributed by atoms with E-state index in [9.17, 15) is 9.59 Å². The highest BCUT2D eigenvalue weighted by atomic mass is 16.5. The second-order valence-corrected chi connectivity index (χ2v) is 5.74. The van der Waals surface area contributed by atoms with Crippen LogP contribution in [-0.2, 0) is 4.74 Å². The first-order valence-electron chi connectivity index (χ1n) is 8.16. The highest BCUT2D eigenvalue weighted by Crippen LogP contribution is 2.17. The Hall–Kier alpha value is -3.59. The Bertz CT molecular complexity index is 857. The van der Waals surface area contributed by atoms with E-state index in [-0.39, 0.29) is 17.6 Å². The Balaban J connectivity index is 1.74. The Labute approximate surface area is 151 Å². The third-order valence-electron chi connectivity index (χ3n) is 3.95. The van der Waals surface area contributed by atoms with Crippen LogP contribution in [0.15, 0.2) is 72.5 Å². The highest BCUT2D eigenvalue weighted by molar-refractivity contribution is 5.95. The summed E-state index contributed by atoms with van der Waals surface area (Å²) in [6.07, 6.45) is 1.14. The molecule has 1 aliphatic heterocycles. The zero-order valence-electron chi connectivity index (χ0n) is 13.9. The number of nitriles is 1. The van der Waals surface area contributed by atoms with Gasteiger partial charge in [-0.05, 0) is 36.8 Å². The van der Waals surface area contributed by atoms with E-state index >= 15 is 0 Å². The Morgan fingerprint density at radius 2 is 1.46 bits per heavy atom. The number of benzene rings is 2. The van der Waals surface area contributed by atoms with Crippen LogP contribution in [0, 0.1) is 11.3 Å². The Morgan fingerprint density at radius 3 is 2.00 bits per heavy atom. The minimum absolute atomic E-state index is 0.119. The minimum Gasteiger partial charge on any atom is -0.458 e. The van der Waals surface area contributed by atoms with Crippen molar-refractivity contribution in [1.82, 2.24) is 10.6 Å². The van der Waals surface area contributed by atoms with E-state index in [1.54, 1.807) is 54.6 Å². The van der Waals surface area contributed by atoms with Crippen LogP contribution >= 0.6 is 0 Å². The normalized spacial score (nSPS) is 18.7. The van der Waals surface area contributed by atoms with Gasteiger partial charge < -0.3 is 15.4 Å². The standard InChI is InChI=1S/C20H17N3O3/c21-13-16-11-12-17(22-18(24)14-7-3-1-4-8-14)20(26-16)23-19(25)15-9-5-2-6-10-15/h1-11,17,20H,12H2,(H,22,24)(H,23,25). The maximum Gasteiger partial charge on any atom is 0.254 e. The zero-order chi connectivity index (χ0) is 18.4. The van der Waals surface area contributed by atoms with E-state index in [1.807, 2.05) is 18.2 Å². The number of carbonyl (C=O) groups is 2. The second-order valence-electron chi connectivity index (χ2n) is 5.74. The lowest BCUT2D eigenvalue weighted by atomic mass is 10.1. The predicted molar refractivity (Wildman–Crippen MR) is 94.8 cm³/mol. The summed E-state index contributed by atoms with van der Waals surface area (Å²) in [5.74, 6) is -0.491. The van der Waals surface area contributed by atoms with Crippen molar-refractivity contribution in [3.8, 4) is 6.07 Å². The van der Waals surface area contributed by atoms with E-state index in [2.05, 4.69) is 10.6 Å². The number of hydrogen-bond acceptors (Lipinski definition) is 4. The Morgan fingerprint density at radius 1 is 0.923 bits per heavy atom. The van der Waals surface area contributed by atoms with Crippen molar-refractivity contribution in [2.45, 2.75) is 18.7 Å². The van der Waals surface area contributed by atoms with Crippen LogP contribution in [0.2, 0.25) is 0 Å². The molecule has 0 saturated carbocycles. The molecule has 0 saturated heterocycles. The number of carbonyl (C=O) groups excluding carboxylic acids is 2. The fourth-order valence-electron chi connectivity index (χ4n) is 2.60. The van der Waals surface area contributed by atoms with Crippen molar-refractivity contribution in [3.05, 3.63) is 83.6 Å². The molecule has 0 aromatic heterocycles. The molecule has 0 bridgehead atoms. The fraction of sp³-hybridized carbons (Fsp3) is 0.150. The highest BCUT2D eigenvalue weighted by Gasteiger charge is 2.30. The number of allylic oxidation sites excluding steroid dienone is 1. The first-order chi connectivity index (χ1) is 12.7. The van der Waals surface area contributed by atoms with Crippen molar-refractivity contribution in [2.24, 2.45) is 0 Å². The summed E-state index contributed by atoms with van der Waals surface area (Å²) >= 11 is 0. The van der Waals surface area contributed by atoms with Gasteiger partial charge in [-0.2, -0.15) is 5.26 Å². The third kappa shape index (κ3) is 4.08. The number of hydrogen-bond donors (Lipinski definition) is 2. The van der Waals surface area contributed by atoms with Crippen LogP contribution in [0.3, 0.4) is 0 Å². The van der Waals surface area contributed by atoms with E-state index in [0.29, 0.717) is 17.5 Å². The second kappa shape index (κ2) is 7.99. The number of ether oxygens (including phenoxy) is 1. The average molecular weight is 347 g/mol. The van der Waals surface area contributed by atoms with Gasteiger partial charge >= 0.3 is 0 Å². The molecule has 2 aromatic carbocycles. The molecule has 6 nitrogen and oxygen atoms in total. The maximum atomic E-state index is 12.4. The van der Waals surface area contributed by atoms with Crippen molar-refractivity contribution in [1.29, 1.82) is 5.26 Å². The molecule has 0 radical (unpaired) electrons. The molecule has 0 fully saturated rings. The van der Waals surface area contributed by atoms with Crippen molar-refractivity contribution >= 4 is 11.8 Å². The predicted octanol–water partition coefficient (Wildman–Crippen LogP) is 2.37. The minimum atomic E-state index is -0.838. The van der Waals surface area contributed by atoms with E-state index in [0.717, 1.165) is 0 Å². The van der Waals surface area contributed by atoms with Gasteiger partial charge in [-0.25, -0.2) is 0 Å². The molecule has 3 rings (SSSR count). The van der Waals surface area contributed by atoms with Gasteiger partial charge in [0.25, 0.3) is 11.8 Å². The van der Waals surface area contributed by atoms with Gasteiger partial charge in [-0.3, -0.25) is 9.59 Å². The summed E-state index contributed by atoms with van der Waals surface area (Å²) < 4.78 is 5.53. The smallest absolute Gasteiger partial charge is 0.254 e. The van der Waals surface area contributed by atoms with Gasteiger partial charge in [0.2, 0.25) is 0 Å². The quantitative estimate of drug-likeness (QED) is 0.888. The molecule has 130 valence electrons. The van der Waals surface area contributed by atoms with E-state index in [1.165, 1.54) is 0 Å². The molecule has 2 amide bonds. The van der Waals surface area contributed by atoms with Crippen molar-refractivity contribution in [2.75, 3.05) is 0 Å². The molecule has 26 heavy (non-hydrogen) atoms. The lowest BCUT2D eigenvalue weighted by molar-refractivity contribution is 0.0393. The molecule has 0 spiro atoms. The molecule has 1 heterocycles. The number of rotatable bonds is 4. The molecule has 2 N–H and O–H groups in total. The van der Waals surface area contributed by atoms with Crippen LogP contribution in [-0.4, -0.2) is 24.1 Å². The Kier molecular flexibility index (Phi) is 5.30. The lowest BCUT2D eigenvalue weighted by Gasteiger charge is -2.31. The summed E-state index contributed by atoms with van der Waals surface area (Å²) in [5.41, 5.74) is 0.980. The van der Waals surface area contributed by atoms with Gasteiger partial charge in [0.15, 0.2) is 12.0 Å². The van der Waals surface area contributed by atoms with Gasteiger partial charge in [-0.1, -0.05) is 36.4 Å². The van der Waals surface area contributed by atoms with Crippen molar-refractivity contribution < 1.29 is 14.3 Å². The maximum absolute atomic E-state index is 12.4. The topological polar surface area (TPSA) is 91.2 Å². The van der Waals surface area contributed by atoms with Crippen LogP contribution in [0.5, 0.6) is 0 Å². The summed E-state index contributed by atoms with van der Waals surface area (Å²) in [5, 5.41) is 14.7. The first kappa shape index (κ1) is 17.2. The molecular weight excluding hydrogens is 330 g/mol. The van der Waals surface area contributed by atoms with E-state index < -0.39 is 12.3 Å². The summed E-state index contributed by atoms with van der Waals surface area (Å²) in [6.45, 7) is 0. The largest absolute Gasteiger partial charge is 0.458 e. The SMILES string of the molecule is N#CC1=CCC(NC(=O)c2ccccc2)C(NC(=O)c2ccccc2)O1. The number of amides is 2. The van der Waals surface area contributed by atoms with Gasteiger partial charge in [0, 0.05) is 11.1 Å². The monoisotopic (exact) mass is 347 g/mol. The number of nitrogens with one attached hydrogen (secondary N) is 2. The van der Waals surface area contributed by atoms with Crippen LogP contribution in [0.4, 0.5) is 0 Å². The molecular formula is C20H17N3O3. The van der Waals surface area contributed by atoms with E-state index in [4.69, 9.17) is 10.00 Å². The molecule has 2 aromatic rings. The summed E-state index contributed by atoms with van der Waals surface area (Å²) in [4.78, 5) is 24.8. The fourth-order valence-corrected chi connectivity index (χ4v) is 2.60. The van der Waals surface area contributed by atoms with Crippen LogP contribution < -0.4 is 10.6 Å². The first-order valence-corrected chi connectivity index (χ1v) is 8.16. The summed E-state index contributed by atoms with van der Waals surface area (Å²) in [6, 6.07) is 18.9. The molecule has 1 aliphatic rings. The average Bonchev–Trinajstić information content (AvgIpc) is 2.70. The number of nitrogens with zero attached hydrogens (tertiary/aromatic N) is 1. The lowest BCUT2D eigenvalue weighted by Crippen LogP contribution is -2.54. The third-order valence-corrected chi connectivity index (χ3v) is 3.95. The molecule has 2 atom stereocenters. The van der Waals surface area contributed by atoms with Gasteiger partial charge in [0.1, 0.15) is 6.07 Å². The van der Waals surface area contributed by atoms with Gasteiger partial charge in [-0.15, -0.1) is 0 Å². The van der Waals surface area contributed by atoms with Crippen molar-refractivity contribution in [3.63, 3.8) is 0 Å². The van der Waals surface area contributed by atoms with Crippen LogP contribution in [0.25, 0.3) is 0 Å². The zero-order valence-corrected chi connectivity index (χ0v) is 13.9. The molecule has 2 unspecified atom stereocenters. The molecule has 0 aliphatic carbocycles. The molecule has 6 heteroatoms.